The molecule has 3 aromatic rings. The number of hydrogen-bond donors (Lipinski definition) is 2. The summed E-state index contributed by atoms with van der Waals surface area (Å²) in [6.07, 6.45) is 3.35. The molecule has 3 heterocycles. The van der Waals surface area contributed by atoms with Crippen molar-refractivity contribution in [1.29, 1.82) is 0 Å². The highest BCUT2D eigenvalue weighted by molar-refractivity contribution is 7.12. The van der Waals surface area contributed by atoms with E-state index in [9.17, 15) is 9.59 Å². The first-order valence-electron chi connectivity index (χ1n) is 13.3. The number of thiazole rings is 1. The van der Waals surface area contributed by atoms with Gasteiger partial charge in [-0.3, -0.25) is 9.59 Å². The maximum absolute atomic E-state index is 14.0. The second-order valence-corrected chi connectivity index (χ2v) is 11.4. The number of fused-ring (bicyclic) bond motifs is 1. The maximum Gasteiger partial charge on any atom is 0.246 e. The quantitative estimate of drug-likeness (QED) is 0.481. The number of nitrogens with one attached hydrogen (secondary N) is 2. The second kappa shape index (κ2) is 11.3. The molecule has 7 nitrogen and oxygen atoms in total. The van der Waals surface area contributed by atoms with Crippen molar-refractivity contribution in [3.05, 3.63) is 52.3 Å². The largest absolute Gasteiger partial charge is 0.381 e. The lowest BCUT2D eigenvalue weighted by atomic mass is 9.90. The van der Waals surface area contributed by atoms with Gasteiger partial charge in [0.15, 0.2) is 0 Å². The third-order valence-corrected chi connectivity index (χ3v) is 8.88. The summed E-state index contributed by atoms with van der Waals surface area (Å²) >= 11 is 1.68. The predicted octanol–water partition coefficient (Wildman–Crippen LogP) is 4.45. The van der Waals surface area contributed by atoms with E-state index in [0.717, 1.165) is 46.8 Å². The van der Waals surface area contributed by atoms with Gasteiger partial charge in [0.05, 0.1) is 17.8 Å². The molecule has 0 bridgehead atoms. The Hall–Kier alpha value is -2.81. The number of carbonyl (C=O) groups is 2. The molecule has 3 atom stereocenters. The summed E-state index contributed by atoms with van der Waals surface area (Å²) in [5.74, 6) is -0.0724. The molecule has 196 valence electrons. The fourth-order valence-electron chi connectivity index (χ4n) is 5.55. The van der Waals surface area contributed by atoms with Crippen molar-refractivity contribution in [3.63, 3.8) is 0 Å². The van der Waals surface area contributed by atoms with Crippen LogP contribution in [0, 0.1) is 12.8 Å². The summed E-state index contributed by atoms with van der Waals surface area (Å²) in [4.78, 5) is 35.1. The Labute approximate surface area is 222 Å². The first-order valence-corrected chi connectivity index (χ1v) is 14.1. The third kappa shape index (κ3) is 5.28. The van der Waals surface area contributed by atoms with Crippen LogP contribution in [0.2, 0.25) is 0 Å². The van der Waals surface area contributed by atoms with Gasteiger partial charge in [-0.05, 0) is 63.3 Å². The Bertz CT molecular complexity index is 1260. The van der Waals surface area contributed by atoms with E-state index in [0.29, 0.717) is 19.8 Å². The molecule has 2 saturated heterocycles. The first-order chi connectivity index (χ1) is 18.0. The third-order valence-electron chi connectivity index (χ3n) is 7.81. The maximum atomic E-state index is 14.0. The van der Waals surface area contributed by atoms with Gasteiger partial charge in [-0.2, -0.15) is 0 Å². The molecule has 8 heteroatoms. The number of rotatable bonds is 7. The average Bonchev–Trinajstić information content (AvgIpc) is 3.57. The number of benzene rings is 2. The molecule has 37 heavy (non-hydrogen) atoms. The highest BCUT2D eigenvalue weighted by atomic mass is 32.1. The van der Waals surface area contributed by atoms with Gasteiger partial charge < -0.3 is 20.3 Å². The van der Waals surface area contributed by atoms with Crippen LogP contribution in [0.15, 0.2) is 42.5 Å². The van der Waals surface area contributed by atoms with E-state index < -0.39 is 6.04 Å². The summed E-state index contributed by atoms with van der Waals surface area (Å²) in [6.45, 7) is 5.85. The molecule has 2 aromatic carbocycles. The molecule has 5 rings (SSSR count). The summed E-state index contributed by atoms with van der Waals surface area (Å²) in [5.41, 5.74) is 2.12. The van der Waals surface area contributed by atoms with Crippen LogP contribution in [0.3, 0.4) is 0 Å². The van der Waals surface area contributed by atoms with E-state index in [-0.39, 0.29) is 29.8 Å². The van der Waals surface area contributed by atoms with Crippen LogP contribution in [0.4, 0.5) is 0 Å². The number of aryl methyl sites for hydroxylation is 1. The van der Waals surface area contributed by atoms with Crippen molar-refractivity contribution >= 4 is 33.9 Å². The fourth-order valence-corrected chi connectivity index (χ4v) is 6.63. The van der Waals surface area contributed by atoms with Crippen molar-refractivity contribution in [2.24, 2.45) is 5.92 Å². The zero-order chi connectivity index (χ0) is 25.9. The van der Waals surface area contributed by atoms with E-state index in [1.165, 1.54) is 10.8 Å². The summed E-state index contributed by atoms with van der Waals surface area (Å²) in [6, 6.07) is 13.7. The Kier molecular flexibility index (Phi) is 7.88. The van der Waals surface area contributed by atoms with Crippen LogP contribution in [0.25, 0.3) is 22.0 Å². The lowest BCUT2D eigenvalue weighted by Crippen LogP contribution is -2.56. The normalized spacial score (nSPS) is 20.2. The zero-order valence-electron chi connectivity index (χ0n) is 21.8. The molecule has 0 spiro atoms. The van der Waals surface area contributed by atoms with E-state index in [1.807, 2.05) is 11.8 Å². The highest BCUT2D eigenvalue weighted by Crippen LogP contribution is 2.40. The number of ether oxygens (including phenoxy) is 1. The van der Waals surface area contributed by atoms with Crippen LogP contribution < -0.4 is 10.6 Å². The van der Waals surface area contributed by atoms with Crippen LogP contribution in [0.1, 0.15) is 48.5 Å². The topological polar surface area (TPSA) is 83.6 Å². The zero-order valence-corrected chi connectivity index (χ0v) is 22.6. The highest BCUT2D eigenvalue weighted by Gasteiger charge is 2.40. The van der Waals surface area contributed by atoms with Gasteiger partial charge in [0.1, 0.15) is 11.0 Å². The van der Waals surface area contributed by atoms with Gasteiger partial charge in [-0.25, -0.2) is 4.98 Å². The van der Waals surface area contributed by atoms with Gasteiger partial charge in [-0.1, -0.05) is 42.5 Å². The minimum Gasteiger partial charge on any atom is -0.381 e. The number of aromatic nitrogens is 1. The summed E-state index contributed by atoms with van der Waals surface area (Å²) in [7, 11) is 1.75. The summed E-state index contributed by atoms with van der Waals surface area (Å²) in [5, 5.41) is 9.42. The second-order valence-electron chi connectivity index (χ2n) is 10.1. The number of likely N-dealkylation sites (tertiary alicyclic amines) is 1. The molecule has 0 saturated carbocycles. The Balaban J connectivity index is 1.43. The van der Waals surface area contributed by atoms with Gasteiger partial charge in [0.2, 0.25) is 11.8 Å². The van der Waals surface area contributed by atoms with Crippen molar-refractivity contribution in [2.75, 3.05) is 26.8 Å². The van der Waals surface area contributed by atoms with Crippen LogP contribution >= 0.6 is 11.3 Å². The number of nitrogens with zero attached hydrogens (tertiary/aromatic N) is 2. The number of likely N-dealkylation sites (N-methyl/N-ethyl adjacent to an activating group) is 1. The molecule has 0 aliphatic carbocycles. The number of amides is 2. The van der Waals surface area contributed by atoms with Crippen molar-refractivity contribution in [2.45, 2.75) is 57.7 Å². The predicted molar refractivity (Wildman–Crippen MR) is 147 cm³/mol. The number of hydrogen-bond acceptors (Lipinski definition) is 6. The van der Waals surface area contributed by atoms with Crippen LogP contribution in [-0.2, 0) is 14.3 Å². The monoisotopic (exact) mass is 520 g/mol. The van der Waals surface area contributed by atoms with Gasteiger partial charge in [0, 0.05) is 30.2 Å². The summed E-state index contributed by atoms with van der Waals surface area (Å²) < 4.78 is 5.55. The Morgan fingerprint density at radius 1 is 1.11 bits per heavy atom. The standard InChI is InChI=1S/C29H36N4O3S/c1-18(30-3)27(34)31-26(21-13-16-36-17-14-21)29(35)33-15-7-12-24(33)28-32-25(19(2)37-28)23-11-6-9-20-8-4-5-10-22(20)23/h4-6,8-11,18,21,24,26,30H,7,12-17H2,1-3H3,(H,31,34)/t18-,24-,26-/m0/s1. The Morgan fingerprint density at radius 3 is 2.65 bits per heavy atom. The molecule has 2 amide bonds. The minimum absolute atomic E-state index is 0.00520. The lowest BCUT2D eigenvalue weighted by Gasteiger charge is -2.35. The lowest BCUT2D eigenvalue weighted by molar-refractivity contribution is -0.140. The molecule has 1 aromatic heterocycles. The van der Waals surface area contributed by atoms with Crippen molar-refractivity contribution in [3.8, 4) is 11.3 Å². The van der Waals surface area contributed by atoms with Crippen LogP contribution in [0.5, 0.6) is 0 Å². The van der Waals surface area contributed by atoms with Gasteiger partial charge in [-0.15, -0.1) is 11.3 Å². The fraction of sp³-hybridized carbons (Fsp3) is 0.483. The van der Waals surface area contributed by atoms with E-state index in [1.54, 1.807) is 18.4 Å². The number of carbonyl (C=O) groups excluding carboxylic acids is 2. The van der Waals surface area contributed by atoms with Crippen molar-refractivity contribution in [1.82, 2.24) is 20.5 Å². The van der Waals surface area contributed by atoms with Gasteiger partial charge in [0.25, 0.3) is 0 Å². The van der Waals surface area contributed by atoms with Gasteiger partial charge >= 0.3 is 0 Å². The van der Waals surface area contributed by atoms with E-state index >= 15 is 0 Å². The van der Waals surface area contributed by atoms with E-state index in [4.69, 9.17) is 9.72 Å². The Morgan fingerprint density at radius 2 is 1.86 bits per heavy atom. The first kappa shape index (κ1) is 25.8. The molecule has 0 radical (unpaired) electrons. The molecule has 2 fully saturated rings. The molecular formula is C29H36N4O3S. The minimum atomic E-state index is -0.550. The SMILES string of the molecule is CN[C@@H](C)C(=O)N[C@H](C(=O)N1CCC[C@H]1c1nc(-c2cccc3ccccc23)c(C)s1)C1CCOCC1. The molecular weight excluding hydrogens is 484 g/mol. The van der Waals surface area contributed by atoms with Crippen LogP contribution in [-0.4, -0.2) is 60.6 Å². The average molecular weight is 521 g/mol. The van der Waals surface area contributed by atoms with E-state index in [2.05, 4.69) is 60.0 Å². The molecule has 2 aliphatic rings. The molecule has 0 unspecified atom stereocenters. The molecule has 2 N–H and O–H groups in total. The van der Waals surface area contributed by atoms with Crippen molar-refractivity contribution < 1.29 is 14.3 Å². The smallest absolute Gasteiger partial charge is 0.246 e. The molecule has 2 aliphatic heterocycles.